The second-order valence-electron chi connectivity index (χ2n) is 4.23. The van der Waals surface area contributed by atoms with Crippen LogP contribution in [0.25, 0.3) is 0 Å². The van der Waals surface area contributed by atoms with Crippen molar-refractivity contribution >= 4 is 23.2 Å². The van der Waals surface area contributed by atoms with Crippen LogP contribution in [-0.2, 0) is 0 Å². The first-order valence-corrected chi connectivity index (χ1v) is 6.01. The number of benzene rings is 1. The molecule has 0 bridgehead atoms. The zero-order chi connectivity index (χ0) is 12.3. The fourth-order valence-corrected chi connectivity index (χ4v) is 2.06. The SMILES string of the molecule is CC(C)CCC(Cl)c1cc(F)c(F)cc1Cl. The van der Waals surface area contributed by atoms with Crippen LogP contribution in [0.4, 0.5) is 8.78 Å². The van der Waals surface area contributed by atoms with Gasteiger partial charge in [0.1, 0.15) is 0 Å². The highest BCUT2D eigenvalue weighted by atomic mass is 35.5. The van der Waals surface area contributed by atoms with Gasteiger partial charge in [-0.25, -0.2) is 8.78 Å². The van der Waals surface area contributed by atoms with Gasteiger partial charge in [-0.3, -0.25) is 0 Å². The molecule has 1 atom stereocenters. The molecule has 0 aliphatic rings. The van der Waals surface area contributed by atoms with Crippen LogP contribution < -0.4 is 0 Å². The summed E-state index contributed by atoms with van der Waals surface area (Å²) in [4.78, 5) is 0. The van der Waals surface area contributed by atoms with E-state index in [0.717, 1.165) is 18.6 Å². The van der Waals surface area contributed by atoms with E-state index in [1.54, 1.807) is 0 Å². The van der Waals surface area contributed by atoms with Crippen LogP contribution in [0.2, 0.25) is 5.02 Å². The zero-order valence-corrected chi connectivity index (χ0v) is 10.7. The molecule has 0 heterocycles. The van der Waals surface area contributed by atoms with Crippen molar-refractivity contribution in [3.05, 3.63) is 34.4 Å². The van der Waals surface area contributed by atoms with Crippen LogP contribution in [0.15, 0.2) is 12.1 Å². The third kappa shape index (κ3) is 3.60. The predicted octanol–water partition coefficient (Wildman–Crippen LogP) is 5.33. The Morgan fingerprint density at radius 1 is 1.12 bits per heavy atom. The van der Waals surface area contributed by atoms with Crippen molar-refractivity contribution in [1.82, 2.24) is 0 Å². The summed E-state index contributed by atoms with van der Waals surface area (Å²) in [5.41, 5.74) is 0.461. The second-order valence-corrected chi connectivity index (χ2v) is 5.16. The molecule has 4 heteroatoms. The Morgan fingerprint density at radius 3 is 2.25 bits per heavy atom. The summed E-state index contributed by atoms with van der Waals surface area (Å²) in [6.45, 7) is 4.16. The maximum absolute atomic E-state index is 13.0. The van der Waals surface area contributed by atoms with E-state index >= 15 is 0 Å². The average Bonchev–Trinajstić information content (AvgIpc) is 2.20. The molecule has 0 nitrogen and oxygen atoms in total. The van der Waals surface area contributed by atoms with E-state index < -0.39 is 11.6 Å². The van der Waals surface area contributed by atoms with Crippen molar-refractivity contribution in [3.8, 4) is 0 Å². The molecule has 0 radical (unpaired) electrons. The van der Waals surface area contributed by atoms with Gasteiger partial charge in [-0.15, -0.1) is 11.6 Å². The Morgan fingerprint density at radius 2 is 1.69 bits per heavy atom. The second kappa shape index (κ2) is 5.83. The van der Waals surface area contributed by atoms with E-state index in [2.05, 4.69) is 13.8 Å². The lowest BCUT2D eigenvalue weighted by molar-refractivity contribution is 0.504. The van der Waals surface area contributed by atoms with Crippen molar-refractivity contribution in [2.75, 3.05) is 0 Å². The predicted molar refractivity (Wildman–Crippen MR) is 64.0 cm³/mol. The van der Waals surface area contributed by atoms with Gasteiger partial charge in [0.15, 0.2) is 11.6 Å². The lowest BCUT2D eigenvalue weighted by Gasteiger charge is -2.13. The Hall–Kier alpha value is -0.340. The summed E-state index contributed by atoms with van der Waals surface area (Å²) >= 11 is 11.9. The molecule has 0 spiro atoms. The number of hydrogen-bond acceptors (Lipinski definition) is 0. The lowest BCUT2D eigenvalue weighted by atomic mass is 10.0. The van der Waals surface area contributed by atoms with E-state index in [0.29, 0.717) is 17.9 Å². The van der Waals surface area contributed by atoms with Crippen molar-refractivity contribution in [2.24, 2.45) is 5.92 Å². The molecule has 0 aromatic heterocycles. The molecule has 0 N–H and O–H groups in total. The van der Waals surface area contributed by atoms with Crippen LogP contribution >= 0.6 is 23.2 Å². The van der Waals surface area contributed by atoms with Gasteiger partial charge in [0, 0.05) is 5.02 Å². The van der Waals surface area contributed by atoms with Gasteiger partial charge in [-0.1, -0.05) is 25.4 Å². The molecule has 0 fully saturated rings. The monoisotopic (exact) mass is 266 g/mol. The Balaban J connectivity index is 2.82. The highest BCUT2D eigenvalue weighted by molar-refractivity contribution is 6.32. The van der Waals surface area contributed by atoms with Crippen molar-refractivity contribution < 1.29 is 8.78 Å². The molecule has 1 aromatic carbocycles. The molecule has 16 heavy (non-hydrogen) atoms. The van der Waals surface area contributed by atoms with Gasteiger partial charge >= 0.3 is 0 Å². The maximum atomic E-state index is 13.0. The number of hydrogen-bond donors (Lipinski definition) is 0. The van der Waals surface area contributed by atoms with E-state index in [1.807, 2.05) is 0 Å². The van der Waals surface area contributed by atoms with E-state index in [1.165, 1.54) is 0 Å². The Bertz CT molecular complexity index is 364. The minimum Gasteiger partial charge on any atom is -0.204 e. The lowest BCUT2D eigenvalue weighted by Crippen LogP contribution is -1.98. The number of halogens is 4. The molecule has 0 saturated carbocycles. The van der Waals surface area contributed by atoms with Crippen molar-refractivity contribution in [3.63, 3.8) is 0 Å². The van der Waals surface area contributed by atoms with Crippen molar-refractivity contribution in [1.29, 1.82) is 0 Å². The minimum atomic E-state index is -0.943. The zero-order valence-electron chi connectivity index (χ0n) is 9.24. The van der Waals surface area contributed by atoms with Crippen LogP contribution in [-0.4, -0.2) is 0 Å². The van der Waals surface area contributed by atoms with Gasteiger partial charge in [-0.2, -0.15) is 0 Å². The molecule has 1 aromatic rings. The fraction of sp³-hybridized carbons (Fsp3) is 0.500. The van der Waals surface area contributed by atoms with E-state index in [9.17, 15) is 8.78 Å². The summed E-state index contributed by atoms with van der Waals surface area (Å²) in [6.07, 6.45) is 1.62. The van der Waals surface area contributed by atoms with Gasteiger partial charge in [0.25, 0.3) is 0 Å². The normalized spacial score (nSPS) is 13.2. The Labute approximate surface area is 105 Å². The van der Waals surface area contributed by atoms with Crippen LogP contribution in [0.1, 0.15) is 37.6 Å². The molecule has 0 saturated heterocycles. The van der Waals surface area contributed by atoms with Gasteiger partial charge in [-0.05, 0) is 36.5 Å². The largest absolute Gasteiger partial charge is 0.204 e. The van der Waals surface area contributed by atoms with Crippen molar-refractivity contribution in [2.45, 2.75) is 32.1 Å². The number of rotatable bonds is 4. The average molecular weight is 267 g/mol. The van der Waals surface area contributed by atoms with Gasteiger partial charge in [0.05, 0.1) is 5.38 Å². The first-order valence-electron chi connectivity index (χ1n) is 5.20. The highest BCUT2D eigenvalue weighted by Crippen LogP contribution is 2.33. The van der Waals surface area contributed by atoms with Crippen LogP contribution in [0.3, 0.4) is 0 Å². The summed E-state index contributed by atoms with van der Waals surface area (Å²) in [5.74, 6) is -1.33. The summed E-state index contributed by atoms with van der Waals surface area (Å²) < 4.78 is 25.9. The topological polar surface area (TPSA) is 0 Å². The first-order chi connectivity index (χ1) is 7.41. The summed E-state index contributed by atoms with van der Waals surface area (Å²) in [7, 11) is 0. The van der Waals surface area contributed by atoms with Gasteiger partial charge in [0.2, 0.25) is 0 Å². The van der Waals surface area contributed by atoms with Gasteiger partial charge < -0.3 is 0 Å². The van der Waals surface area contributed by atoms with E-state index in [4.69, 9.17) is 23.2 Å². The molecular weight excluding hydrogens is 253 g/mol. The third-order valence-corrected chi connectivity index (χ3v) is 3.16. The summed E-state index contributed by atoms with van der Waals surface area (Å²) in [6, 6.07) is 2.05. The molecule has 0 amide bonds. The summed E-state index contributed by atoms with van der Waals surface area (Å²) in [5, 5.41) is -0.187. The first kappa shape index (κ1) is 13.7. The maximum Gasteiger partial charge on any atom is 0.160 e. The smallest absolute Gasteiger partial charge is 0.160 e. The quantitative estimate of drug-likeness (QED) is 0.510. The van der Waals surface area contributed by atoms with Crippen LogP contribution in [0, 0.1) is 17.6 Å². The molecule has 0 aliphatic carbocycles. The molecule has 0 aliphatic heterocycles. The fourth-order valence-electron chi connectivity index (χ4n) is 1.41. The van der Waals surface area contributed by atoms with Crippen LogP contribution in [0.5, 0.6) is 0 Å². The minimum absolute atomic E-state index is 0.183. The molecule has 90 valence electrons. The molecule has 1 unspecified atom stereocenters. The Kier molecular flexibility index (Phi) is 5.00. The van der Waals surface area contributed by atoms with E-state index in [-0.39, 0.29) is 10.4 Å². The standard InChI is InChI=1S/C12H14Cl2F2/c1-7(2)3-4-9(13)8-5-11(15)12(16)6-10(8)14/h5-7,9H,3-4H2,1-2H3. The highest BCUT2D eigenvalue weighted by Gasteiger charge is 2.16. The number of alkyl halides is 1. The molecular formula is C12H14Cl2F2. The third-order valence-electron chi connectivity index (χ3n) is 2.37. The molecule has 1 rings (SSSR count).